The molecule has 1 aromatic heterocycles. The van der Waals surface area contributed by atoms with Crippen LogP contribution in [-0.4, -0.2) is 30.8 Å². The van der Waals surface area contributed by atoms with Crippen molar-refractivity contribution in [2.45, 2.75) is 27.3 Å². The van der Waals surface area contributed by atoms with Crippen LogP contribution < -0.4 is 5.32 Å². The Kier molecular flexibility index (Phi) is 8.84. The molecule has 0 fully saturated rings. The van der Waals surface area contributed by atoms with E-state index in [0.29, 0.717) is 30.6 Å². The predicted octanol–water partition coefficient (Wildman–Crippen LogP) is 2.84. The van der Waals surface area contributed by atoms with Gasteiger partial charge in [-0.15, -0.1) is 0 Å². The van der Waals surface area contributed by atoms with Gasteiger partial charge in [0.1, 0.15) is 17.8 Å². The third kappa shape index (κ3) is 6.57. The normalized spacial score (nSPS) is 11.7. The summed E-state index contributed by atoms with van der Waals surface area (Å²) in [5.41, 5.74) is 1.40. The number of hydrogen-bond acceptors (Lipinski definition) is 6. The standard InChI is InChI=1S/C17H22ClN3O3/c1-4-23-7-8-24-17(22)14(9-19)16(12(2)3)21-11-13-5-6-15(18)20-10-13/h5-6,10,12,21H,4,7-8,11H2,1-3H3/b16-14-. The topological polar surface area (TPSA) is 84.2 Å². The number of esters is 1. The molecule has 0 aliphatic rings. The van der Waals surface area contributed by atoms with Crippen LogP contribution in [0.4, 0.5) is 0 Å². The highest BCUT2D eigenvalue weighted by molar-refractivity contribution is 6.29. The van der Waals surface area contributed by atoms with Crippen LogP contribution in [0.3, 0.4) is 0 Å². The number of aromatic nitrogens is 1. The van der Waals surface area contributed by atoms with Crippen molar-refractivity contribution in [1.29, 1.82) is 5.26 Å². The first-order valence-corrected chi connectivity index (χ1v) is 8.10. The number of nitrogens with one attached hydrogen (secondary N) is 1. The highest BCUT2D eigenvalue weighted by Crippen LogP contribution is 2.15. The summed E-state index contributed by atoms with van der Waals surface area (Å²) in [6, 6.07) is 5.45. The lowest BCUT2D eigenvalue weighted by Gasteiger charge is -2.16. The molecule has 1 heterocycles. The average molecular weight is 352 g/mol. The van der Waals surface area contributed by atoms with Gasteiger partial charge < -0.3 is 14.8 Å². The van der Waals surface area contributed by atoms with Crippen LogP contribution in [0.15, 0.2) is 29.6 Å². The Morgan fingerprint density at radius 3 is 2.71 bits per heavy atom. The number of rotatable bonds is 9. The fourth-order valence-electron chi connectivity index (χ4n) is 1.92. The monoisotopic (exact) mass is 351 g/mol. The molecule has 130 valence electrons. The summed E-state index contributed by atoms with van der Waals surface area (Å²) >= 11 is 5.75. The average Bonchev–Trinajstić information content (AvgIpc) is 2.56. The molecular weight excluding hydrogens is 330 g/mol. The van der Waals surface area contributed by atoms with Gasteiger partial charge in [-0.3, -0.25) is 0 Å². The fraction of sp³-hybridized carbons (Fsp3) is 0.471. The molecule has 7 heteroatoms. The second kappa shape index (κ2) is 10.6. The zero-order valence-corrected chi connectivity index (χ0v) is 14.9. The van der Waals surface area contributed by atoms with E-state index in [0.717, 1.165) is 5.56 Å². The van der Waals surface area contributed by atoms with E-state index in [1.165, 1.54) is 0 Å². The number of nitrogens with zero attached hydrogens (tertiary/aromatic N) is 2. The van der Waals surface area contributed by atoms with Crippen molar-refractivity contribution in [3.63, 3.8) is 0 Å². The molecule has 0 aliphatic heterocycles. The van der Waals surface area contributed by atoms with E-state index >= 15 is 0 Å². The summed E-state index contributed by atoms with van der Waals surface area (Å²) in [5, 5.41) is 12.9. The van der Waals surface area contributed by atoms with E-state index in [9.17, 15) is 10.1 Å². The predicted molar refractivity (Wildman–Crippen MR) is 91.0 cm³/mol. The van der Waals surface area contributed by atoms with Gasteiger partial charge in [-0.25, -0.2) is 9.78 Å². The van der Waals surface area contributed by atoms with Crippen LogP contribution in [0.1, 0.15) is 26.3 Å². The number of halogens is 1. The van der Waals surface area contributed by atoms with Crippen molar-refractivity contribution in [2.24, 2.45) is 5.92 Å². The number of carbonyl (C=O) groups is 1. The first-order chi connectivity index (χ1) is 11.5. The van der Waals surface area contributed by atoms with Crippen LogP contribution >= 0.6 is 11.6 Å². The van der Waals surface area contributed by atoms with Gasteiger partial charge in [0.05, 0.1) is 6.61 Å². The lowest BCUT2D eigenvalue weighted by atomic mass is 10.0. The van der Waals surface area contributed by atoms with Crippen LogP contribution in [0, 0.1) is 17.2 Å². The van der Waals surface area contributed by atoms with Crippen molar-refractivity contribution in [2.75, 3.05) is 19.8 Å². The molecule has 6 nitrogen and oxygen atoms in total. The Labute approximate surface area is 147 Å². The maximum Gasteiger partial charge on any atom is 0.350 e. The van der Waals surface area contributed by atoms with E-state index in [-0.39, 0.29) is 18.1 Å². The second-order valence-corrected chi connectivity index (χ2v) is 5.62. The first kappa shape index (κ1) is 19.9. The Morgan fingerprint density at radius 2 is 2.17 bits per heavy atom. The van der Waals surface area contributed by atoms with E-state index in [4.69, 9.17) is 21.1 Å². The SMILES string of the molecule is CCOCCOC(=O)/C(C#N)=C(\NCc1ccc(Cl)nc1)C(C)C. The number of allylic oxidation sites excluding steroid dienone is 1. The van der Waals surface area contributed by atoms with Gasteiger partial charge in [-0.05, 0) is 24.5 Å². The summed E-state index contributed by atoms with van der Waals surface area (Å²) in [4.78, 5) is 16.1. The van der Waals surface area contributed by atoms with Crippen molar-refractivity contribution >= 4 is 17.6 Å². The highest BCUT2D eigenvalue weighted by Gasteiger charge is 2.19. The van der Waals surface area contributed by atoms with E-state index < -0.39 is 5.97 Å². The minimum atomic E-state index is -0.650. The molecule has 0 radical (unpaired) electrons. The van der Waals surface area contributed by atoms with Gasteiger partial charge in [0.15, 0.2) is 5.57 Å². The van der Waals surface area contributed by atoms with Gasteiger partial charge in [-0.2, -0.15) is 5.26 Å². The quantitative estimate of drug-likeness (QED) is 0.242. The number of carbonyl (C=O) groups excluding carboxylic acids is 1. The Morgan fingerprint density at radius 1 is 1.42 bits per heavy atom. The van der Waals surface area contributed by atoms with Crippen molar-refractivity contribution < 1.29 is 14.3 Å². The summed E-state index contributed by atoms with van der Waals surface area (Å²) in [7, 11) is 0. The number of pyridine rings is 1. The lowest BCUT2D eigenvalue weighted by Crippen LogP contribution is -2.23. The van der Waals surface area contributed by atoms with E-state index in [1.54, 1.807) is 12.3 Å². The molecule has 0 amide bonds. The van der Waals surface area contributed by atoms with Crippen molar-refractivity contribution in [1.82, 2.24) is 10.3 Å². The molecular formula is C17H22ClN3O3. The lowest BCUT2D eigenvalue weighted by molar-refractivity contribution is -0.140. The Balaban J connectivity index is 2.80. The van der Waals surface area contributed by atoms with Crippen LogP contribution in [0.2, 0.25) is 5.15 Å². The van der Waals surface area contributed by atoms with Crippen molar-refractivity contribution in [3.8, 4) is 6.07 Å². The zero-order chi connectivity index (χ0) is 17.9. The first-order valence-electron chi connectivity index (χ1n) is 7.73. The molecule has 1 N–H and O–H groups in total. The third-order valence-corrected chi connectivity index (χ3v) is 3.32. The van der Waals surface area contributed by atoms with Gasteiger partial charge in [0, 0.05) is 25.0 Å². The van der Waals surface area contributed by atoms with Gasteiger partial charge >= 0.3 is 5.97 Å². The molecule has 0 atom stereocenters. The molecule has 0 saturated heterocycles. The minimum absolute atomic E-state index is 0.0246. The van der Waals surface area contributed by atoms with Gasteiger partial charge in [-0.1, -0.05) is 31.5 Å². The molecule has 1 aromatic rings. The highest BCUT2D eigenvalue weighted by atomic mass is 35.5. The number of ether oxygens (including phenoxy) is 2. The Hall–Kier alpha value is -2.10. The van der Waals surface area contributed by atoms with Gasteiger partial charge in [0.2, 0.25) is 0 Å². The Bertz CT molecular complexity index is 607. The molecule has 0 aliphatic carbocycles. The van der Waals surface area contributed by atoms with Crippen LogP contribution in [0.5, 0.6) is 0 Å². The van der Waals surface area contributed by atoms with E-state index in [2.05, 4.69) is 10.3 Å². The fourth-order valence-corrected chi connectivity index (χ4v) is 2.03. The summed E-state index contributed by atoms with van der Waals surface area (Å²) < 4.78 is 10.2. The van der Waals surface area contributed by atoms with E-state index in [1.807, 2.05) is 32.9 Å². The van der Waals surface area contributed by atoms with Crippen molar-refractivity contribution in [3.05, 3.63) is 40.3 Å². The summed E-state index contributed by atoms with van der Waals surface area (Å²) in [6.45, 7) is 7.04. The summed E-state index contributed by atoms with van der Waals surface area (Å²) in [5.74, 6) is -0.693. The second-order valence-electron chi connectivity index (χ2n) is 5.23. The molecule has 0 unspecified atom stereocenters. The molecule has 0 spiro atoms. The van der Waals surface area contributed by atoms with Gasteiger partial charge in [0.25, 0.3) is 0 Å². The molecule has 0 aromatic carbocycles. The van der Waals surface area contributed by atoms with Crippen LogP contribution in [-0.2, 0) is 20.8 Å². The van der Waals surface area contributed by atoms with Crippen LogP contribution in [0.25, 0.3) is 0 Å². The molecule has 0 saturated carbocycles. The largest absolute Gasteiger partial charge is 0.459 e. The minimum Gasteiger partial charge on any atom is -0.459 e. The molecule has 24 heavy (non-hydrogen) atoms. The molecule has 1 rings (SSSR count). The maximum absolute atomic E-state index is 12.1. The maximum atomic E-state index is 12.1. The third-order valence-electron chi connectivity index (χ3n) is 3.10. The number of nitriles is 1. The number of hydrogen-bond donors (Lipinski definition) is 1. The zero-order valence-electron chi connectivity index (χ0n) is 14.1. The molecule has 0 bridgehead atoms. The summed E-state index contributed by atoms with van der Waals surface area (Å²) in [6.07, 6.45) is 1.64. The smallest absolute Gasteiger partial charge is 0.350 e.